The van der Waals surface area contributed by atoms with Crippen molar-refractivity contribution in [3.63, 3.8) is 0 Å². The predicted molar refractivity (Wildman–Crippen MR) is 166 cm³/mol. The zero-order valence-electron chi connectivity index (χ0n) is 24.6. The van der Waals surface area contributed by atoms with Gasteiger partial charge in [-0.05, 0) is 48.4 Å². The Morgan fingerprint density at radius 2 is 1.75 bits per heavy atom. The van der Waals surface area contributed by atoms with Gasteiger partial charge in [-0.15, -0.1) is 0 Å². The molecule has 9 nitrogen and oxygen atoms in total. The molecule has 0 aliphatic carbocycles. The molecule has 0 bridgehead atoms. The fraction of sp³-hybridized carbons (Fsp3) is 0.294. The van der Waals surface area contributed by atoms with Crippen LogP contribution in [-0.4, -0.2) is 56.1 Å². The van der Waals surface area contributed by atoms with Crippen LogP contribution in [0.15, 0.2) is 79.3 Å². The zero-order valence-corrected chi connectivity index (χ0v) is 24.6. The molecule has 0 radical (unpaired) electrons. The number of likely N-dealkylation sites (tertiary alicyclic amines) is 1. The number of carbonyl (C=O) groups is 2. The fourth-order valence-electron chi connectivity index (χ4n) is 6.68. The van der Waals surface area contributed by atoms with Crippen LogP contribution in [0.4, 0.5) is 14.9 Å². The Bertz CT molecular complexity index is 1920. The van der Waals surface area contributed by atoms with E-state index in [2.05, 4.69) is 55.1 Å². The lowest BCUT2D eigenvalue weighted by Crippen LogP contribution is -2.55. The van der Waals surface area contributed by atoms with Crippen molar-refractivity contribution in [3.05, 3.63) is 96.2 Å². The van der Waals surface area contributed by atoms with E-state index in [1.807, 2.05) is 38.4 Å². The summed E-state index contributed by atoms with van der Waals surface area (Å²) in [6.07, 6.45) is 3.84. The summed E-state index contributed by atoms with van der Waals surface area (Å²) in [7, 11) is 0. The van der Waals surface area contributed by atoms with Gasteiger partial charge >= 0.3 is 6.03 Å². The van der Waals surface area contributed by atoms with E-state index in [9.17, 15) is 14.7 Å². The van der Waals surface area contributed by atoms with Crippen LogP contribution in [0.5, 0.6) is 0 Å². The molecule has 224 valence electrons. The lowest BCUT2D eigenvalue weighted by molar-refractivity contribution is -0.128. The Labute approximate surface area is 253 Å². The Balaban J connectivity index is 1.10. The van der Waals surface area contributed by atoms with E-state index in [0.717, 1.165) is 22.3 Å². The Kier molecular flexibility index (Phi) is 6.71. The SMILES string of the molecule is CC1(C)CN(Cc2ccc(-n3cnc4ccccc43)cc2)CCC1(O)c1ccc2ncc(N3CCC(=O)NC3=O)cc2c1F. The molecule has 4 heterocycles. The van der Waals surface area contributed by atoms with Gasteiger partial charge in [-0.1, -0.05) is 44.2 Å². The summed E-state index contributed by atoms with van der Waals surface area (Å²) >= 11 is 0. The second-order valence-electron chi connectivity index (χ2n) is 12.4. The van der Waals surface area contributed by atoms with Gasteiger partial charge < -0.3 is 5.11 Å². The molecule has 0 spiro atoms. The number of pyridine rings is 1. The number of nitrogens with one attached hydrogen (secondary N) is 1. The van der Waals surface area contributed by atoms with Gasteiger partial charge in [-0.25, -0.2) is 14.2 Å². The number of para-hydroxylation sites is 2. The summed E-state index contributed by atoms with van der Waals surface area (Å²) in [4.78, 5) is 36.5. The van der Waals surface area contributed by atoms with Crippen molar-refractivity contribution >= 4 is 39.6 Å². The average Bonchev–Trinajstić information content (AvgIpc) is 3.44. The third-order valence-electron chi connectivity index (χ3n) is 9.20. The summed E-state index contributed by atoms with van der Waals surface area (Å²) in [5, 5.41) is 14.6. The van der Waals surface area contributed by atoms with Crippen molar-refractivity contribution < 1.29 is 19.1 Å². The van der Waals surface area contributed by atoms with Gasteiger partial charge in [0.1, 0.15) is 12.1 Å². The van der Waals surface area contributed by atoms with Gasteiger partial charge in [0.25, 0.3) is 0 Å². The van der Waals surface area contributed by atoms with Gasteiger partial charge in [0.15, 0.2) is 0 Å². The minimum absolute atomic E-state index is 0.155. The summed E-state index contributed by atoms with van der Waals surface area (Å²) < 4.78 is 18.3. The molecular weight excluding hydrogens is 559 g/mol. The van der Waals surface area contributed by atoms with Gasteiger partial charge in [-0.2, -0.15) is 0 Å². The molecule has 3 amide bonds. The quantitative estimate of drug-likeness (QED) is 0.288. The molecule has 0 saturated carbocycles. The molecule has 2 aliphatic heterocycles. The van der Waals surface area contributed by atoms with Crippen LogP contribution in [0.1, 0.15) is 37.8 Å². The lowest BCUT2D eigenvalue weighted by Gasteiger charge is -2.50. The number of benzene rings is 3. The van der Waals surface area contributed by atoms with E-state index < -0.39 is 22.9 Å². The molecule has 1 atom stereocenters. The molecule has 44 heavy (non-hydrogen) atoms. The number of rotatable bonds is 5. The van der Waals surface area contributed by atoms with Crippen LogP contribution in [0, 0.1) is 11.2 Å². The number of hydrogen-bond acceptors (Lipinski definition) is 6. The first-order valence-corrected chi connectivity index (χ1v) is 14.8. The number of amides is 3. The molecule has 2 fully saturated rings. The monoisotopic (exact) mass is 592 g/mol. The number of halogens is 1. The molecule has 2 aliphatic rings. The number of fused-ring (bicyclic) bond motifs is 2. The van der Waals surface area contributed by atoms with Crippen molar-refractivity contribution in [2.24, 2.45) is 5.41 Å². The van der Waals surface area contributed by atoms with Crippen molar-refractivity contribution in [2.45, 2.75) is 38.8 Å². The molecule has 1 unspecified atom stereocenters. The van der Waals surface area contributed by atoms with E-state index >= 15 is 4.39 Å². The normalized spacial score (nSPS) is 20.8. The van der Waals surface area contributed by atoms with Crippen LogP contribution in [0.25, 0.3) is 27.6 Å². The largest absolute Gasteiger partial charge is 0.384 e. The average molecular weight is 593 g/mol. The number of anilines is 1. The van der Waals surface area contributed by atoms with Crippen LogP contribution in [0.2, 0.25) is 0 Å². The standard InChI is InChI=1S/C34H33FN6O3/c1-33(2)20-39(19-22-7-9-23(10-8-22)41-21-37-28-5-3-4-6-29(28)41)16-14-34(33,44)26-11-12-27-25(31(26)35)17-24(18-36-27)40-15-13-30(42)38-32(40)43/h3-12,17-18,21,44H,13-16,19-20H2,1-2H3,(H,38,42,43). The first-order chi connectivity index (χ1) is 21.1. The van der Waals surface area contributed by atoms with Gasteiger partial charge in [0.2, 0.25) is 5.91 Å². The van der Waals surface area contributed by atoms with Crippen molar-refractivity contribution in [1.82, 2.24) is 24.8 Å². The Morgan fingerprint density at radius 3 is 2.52 bits per heavy atom. The smallest absolute Gasteiger partial charge is 0.328 e. The second kappa shape index (κ2) is 10.5. The number of piperidine rings is 1. The van der Waals surface area contributed by atoms with Gasteiger partial charge in [-0.3, -0.25) is 29.5 Å². The van der Waals surface area contributed by atoms with Crippen molar-refractivity contribution in [3.8, 4) is 5.69 Å². The molecule has 7 rings (SSSR count). The van der Waals surface area contributed by atoms with Crippen LogP contribution in [0.3, 0.4) is 0 Å². The summed E-state index contributed by atoms with van der Waals surface area (Å²) in [6.45, 7) is 5.99. The predicted octanol–water partition coefficient (Wildman–Crippen LogP) is 5.28. The van der Waals surface area contributed by atoms with Crippen LogP contribution < -0.4 is 10.2 Å². The maximum absolute atomic E-state index is 16.3. The first-order valence-electron chi connectivity index (χ1n) is 14.8. The highest BCUT2D eigenvalue weighted by molar-refractivity contribution is 6.06. The number of imide groups is 1. The minimum atomic E-state index is -1.42. The third kappa shape index (κ3) is 4.71. The molecule has 10 heteroatoms. The maximum atomic E-state index is 16.3. The number of carbonyl (C=O) groups excluding carboxylic acids is 2. The van der Waals surface area contributed by atoms with Gasteiger partial charge in [0.05, 0.1) is 34.0 Å². The third-order valence-corrected chi connectivity index (χ3v) is 9.20. The second-order valence-corrected chi connectivity index (χ2v) is 12.4. The highest BCUT2D eigenvalue weighted by Gasteiger charge is 2.50. The number of hydrogen-bond donors (Lipinski definition) is 2. The van der Waals surface area contributed by atoms with Crippen molar-refractivity contribution in [2.75, 3.05) is 24.5 Å². The number of urea groups is 1. The number of aliphatic hydroxyl groups is 1. The maximum Gasteiger partial charge on any atom is 0.328 e. The molecule has 3 aromatic carbocycles. The topological polar surface area (TPSA) is 104 Å². The lowest BCUT2D eigenvalue weighted by atomic mass is 9.66. The molecular formula is C34H33FN6O3. The van der Waals surface area contributed by atoms with Gasteiger partial charge in [0, 0.05) is 54.7 Å². The van der Waals surface area contributed by atoms with E-state index in [1.54, 1.807) is 18.2 Å². The number of nitrogens with zero attached hydrogens (tertiary/aromatic N) is 5. The molecule has 5 aromatic rings. The number of aromatic nitrogens is 3. The zero-order chi connectivity index (χ0) is 30.6. The van der Waals surface area contributed by atoms with Crippen LogP contribution in [-0.2, 0) is 16.9 Å². The van der Waals surface area contributed by atoms with E-state index in [1.165, 1.54) is 11.1 Å². The first kappa shape index (κ1) is 28.1. The Hall–Kier alpha value is -4.67. The summed E-state index contributed by atoms with van der Waals surface area (Å²) in [5.74, 6) is -0.888. The van der Waals surface area contributed by atoms with E-state index in [-0.39, 0.29) is 29.8 Å². The molecule has 2 N–H and O–H groups in total. The van der Waals surface area contributed by atoms with Crippen molar-refractivity contribution in [1.29, 1.82) is 0 Å². The number of imidazole rings is 1. The minimum Gasteiger partial charge on any atom is -0.384 e. The summed E-state index contributed by atoms with van der Waals surface area (Å²) in [6, 6.07) is 20.8. The molecule has 2 saturated heterocycles. The highest BCUT2D eigenvalue weighted by Crippen LogP contribution is 2.48. The van der Waals surface area contributed by atoms with E-state index in [4.69, 9.17) is 0 Å². The fourth-order valence-corrected chi connectivity index (χ4v) is 6.68. The molecule has 2 aromatic heterocycles. The highest BCUT2D eigenvalue weighted by atomic mass is 19.1. The van der Waals surface area contributed by atoms with E-state index in [0.29, 0.717) is 37.3 Å². The summed E-state index contributed by atoms with van der Waals surface area (Å²) in [5.41, 5.74) is 3.15. The Morgan fingerprint density at radius 1 is 0.955 bits per heavy atom. The van der Waals surface area contributed by atoms with Crippen LogP contribution >= 0.6 is 0 Å².